The lowest BCUT2D eigenvalue weighted by Gasteiger charge is -2.54. The van der Waals surface area contributed by atoms with Gasteiger partial charge in [-0.15, -0.1) is 0 Å². The standard InChI is InChI=1S/C30H40O/c1-3-5-6-7-8-24-31-28-15-11-26(12-16-28)25-9-13-27(14-10-25)30-21-18-29(17-4-2,19-22-30)20-23-30/h7-16H,3-6,17-24H2,1-2H3/b8-7+. The molecule has 2 aromatic rings. The monoisotopic (exact) mass is 416 g/mol. The van der Waals surface area contributed by atoms with E-state index in [2.05, 4.69) is 74.5 Å². The van der Waals surface area contributed by atoms with E-state index < -0.39 is 0 Å². The van der Waals surface area contributed by atoms with Crippen molar-refractivity contribution >= 4 is 0 Å². The lowest BCUT2D eigenvalue weighted by molar-refractivity contribution is 0.0320. The third-order valence-electron chi connectivity index (χ3n) is 8.10. The summed E-state index contributed by atoms with van der Waals surface area (Å²) in [4.78, 5) is 0. The van der Waals surface area contributed by atoms with Crippen LogP contribution in [-0.4, -0.2) is 6.61 Å². The maximum atomic E-state index is 5.85. The third kappa shape index (κ3) is 5.08. The summed E-state index contributed by atoms with van der Waals surface area (Å²) in [7, 11) is 0. The molecule has 3 saturated carbocycles. The average Bonchev–Trinajstić information content (AvgIpc) is 2.83. The summed E-state index contributed by atoms with van der Waals surface area (Å²) < 4.78 is 5.85. The molecule has 3 aliphatic rings. The van der Waals surface area contributed by atoms with Gasteiger partial charge in [-0.05, 0) is 91.0 Å². The molecule has 0 aromatic heterocycles. The molecule has 0 amide bonds. The molecule has 0 radical (unpaired) electrons. The van der Waals surface area contributed by atoms with Gasteiger partial charge in [0.15, 0.2) is 0 Å². The molecule has 0 heterocycles. The molecule has 3 aliphatic carbocycles. The molecule has 0 N–H and O–H groups in total. The minimum atomic E-state index is 0.455. The summed E-state index contributed by atoms with van der Waals surface area (Å²) in [6.45, 7) is 5.23. The van der Waals surface area contributed by atoms with Gasteiger partial charge in [-0.3, -0.25) is 0 Å². The smallest absolute Gasteiger partial charge is 0.119 e. The van der Waals surface area contributed by atoms with Crippen molar-refractivity contribution in [2.45, 2.75) is 89.9 Å². The fourth-order valence-corrected chi connectivity index (χ4v) is 6.01. The van der Waals surface area contributed by atoms with E-state index in [-0.39, 0.29) is 0 Å². The molecular formula is C30H40O. The summed E-state index contributed by atoms with van der Waals surface area (Å²) in [6.07, 6.45) is 19.3. The number of allylic oxidation sites excluding steroid dienone is 1. The van der Waals surface area contributed by atoms with E-state index in [1.54, 1.807) is 5.56 Å². The van der Waals surface area contributed by atoms with Gasteiger partial charge < -0.3 is 4.74 Å². The molecule has 3 fully saturated rings. The average molecular weight is 417 g/mol. The van der Waals surface area contributed by atoms with E-state index in [4.69, 9.17) is 4.74 Å². The van der Waals surface area contributed by atoms with Crippen LogP contribution in [0.25, 0.3) is 11.1 Å². The molecule has 5 rings (SSSR count). The maximum absolute atomic E-state index is 5.85. The first kappa shape index (κ1) is 22.2. The van der Waals surface area contributed by atoms with Gasteiger partial charge in [0.2, 0.25) is 0 Å². The van der Waals surface area contributed by atoms with Crippen molar-refractivity contribution in [2.75, 3.05) is 6.61 Å². The summed E-state index contributed by atoms with van der Waals surface area (Å²) in [6, 6.07) is 18.1. The highest BCUT2D eigenvalue weighted by Gasteiger charge is 2.48. The number of hydrogen-bond acceptors (Lipinski definition) is 1. The Morgan fingerprint density at radius 1 is 0.742 bits per heavy atom. The summed E-state index contributed by atoms with van der Waals surface area (Å²) in [5.74, 6) is 0.944. The highest BCUT2D eigenvalue weighted by Crippen LogP contribution is 2.59. The van der Waals surface area contributed by atoms with Crippen LogP contribution >= 0.6 is 0 Å². The minimum Gasteiger partial charge on any atom is -0.490 e. The molecule has 166 valence electrons. The predicted molar refractivity (Wildman–Crippen MR) is 133 cm³/mol. The van der Waals surface area contributed by atoms with E-state index >= 15 is 0 Å². The van der Waals surface area contributed by atoms with E-state index in [1.165, 1.54) is 75.3 Å². The Bertz CT molecular complexity index is 818. The second-order valence-corrected chi connectivity index (χ2v) is 10.1. The molecule has 2 bridgehead atoms. The van der Waals surface area contributed by atoms with Crippen molar-refractivity contribution < 1.29 is 4.74 Å². The number of unbranched alkanes of at least 4 members (excludes halogenated alkanes) is 2. The van der Waals surface area contributed by atoms with Crippen LogP contribution in [0.15, 0.2) is 60.7 Å². The Morgan fingerprint density at radius 3 is 1.94 bits per heavy atom. The van der Waals surface area contributed by atoms with Gasteiger partial charge in [0.25, 0.3) is 0 Å². The van der Waals surface area contributed by atoms with Crippen LogP contribution in [-0.2, 0) is 5.41 Å². The normalized spacial score (nSPS) is 25.2. The molecule has 1 nitrogen and oxygen atoms in total. The SMILES string of the molecule is CCCC/C=C/COc1ccc(-c2ccc(C34CCC(CCC)(CC3)CC4)cc2)cc1. The molecular weight excluding hydrogens is 376 g/mol. The van der Waals surface area contributed by atoms with Crippen LogP contribution in [0.3, 0.4) is 0 Å². The van der Waals surface area contributed by atoms with Gasteiger partial charge >= 0.3 is 0 Å². The molecule has 0 aliphatic heterocycles. The number of benzene rings is 2. The Morgan fingerprint density at radius 2 is 1.35 bits per heavy atom. The van der Waals surface area contributed by atoms with E-state index in [0.717, 1.165) is 12.2 Å². The Kier molecular flexibility index (Phi) is 7.20. The number of fused-ring (bicyclic) bond motifs is 3. The largest absolute Gasteiger partial charge is 0.490 e. The van der Waals surface area contributed by atoms with Crippen LogP contribution in [0.2, 0.25) is 0 Å². The van der Waals surface area contributed by atoms with E-state index in [9.17, 15) is 0 Å². The first-order chi connectivity index (χ1) is 15.2. The van der Waals surface area contributed by atoms with Crippen molar-refractivity contribution in [2.24, 2.45) is 5.41 Å². The highest BCUT2D eigenvalue weighted by atomic mass is 16.5. The zero-order valence-electron chi connectivity index (χ0n) is 19.7. The van der Waals surface area contributed by atoms with Crippen molar-refractivity contribution in [1.82, 2.24) is 0 Å². The summed E-state index contributed by atoms with van der Waals surface area (Å²) in [5, 5.41) is 0. The van der Waals surface area contributed by atoms with Crippen molar-refractivity contribution in [3.63, 3.8) is 0 Å². The quantitative estimate of drug-likeness (QED) is 0.277. The molecule has 0 saturated heterocycles. The predicted octanol–water partition coefficient (Wildman–Crippen LogP) is 8.87. The summed E-state index contributed by atoms with van der Waals surface area (Å²) in [5.41, 5.74) is 5.29. The van der Waals surface area contributed by atoms with E-state index in [0.29, 0.717) is 17.4 Å². The molecule has 2 aromatic carbocycles. The molecule has 0 spiro atoms. The van der Waals surface area contributed by atoms with E-state index in [1.807, 2.05) is 0 Å². The number of hydrogen-bond donors (Lipinski definition) is 0. The molecule has 0 unspecified atom stereocenters. The van der Waals surface area contributed by atoms with Crippen molar-refractivity contribution in [1.29, 1.82) is 0 Å². The molecule has 31 heavy (non-hydrogen) atoms. The van der Waals surface area contributed by atoms with Gasteiger partial charge in [0.1, 0.15) is 12.4 Å². The Hall–Kier alpha value is -2.02. The van der Waals surface area contributed by atoms with Gasteiger partial charge in [-0.2, -0.15) is 0 Å². The minimum absolute atomic E-state index is 0.455. The molecule has 0 atom stereocenters. The van der Waals surface area contributed by atoms with Crippen molar-refractivity contribution in [3.05, 3.63) is 66.2 Å². The van der Waals surface area contributed by atoms with Gasteiger partial charge in [-0.1, -0.05) is 81.7 Å². The lowest BCUT2D eigenvalue weighted by Crippen LogP contribution is -2.44. The fraction of sp³-hybridized carbons (Fsp3) is 0.533. The highest BCUT2D eigenvalue weighted by molar-refractivity contribution is 5.64. The van der Waals surface area contributed by atoms with Crippen LogP contribution < -0.4 is 4.74 Å². The van der Waals surface area contributed by atoms with Crippen LogP contribution in [0.1, 0.15) is 90.0 Å². The number of rotatable bonds is 10. The second-order valence-electron chi connectivity index (χ2n) is 10.1. The lowest BCUT2D eigenvalue weighted by atomic mass is 9.51. The van der Waals surface area contributed by atoms with Gasteiger partial charge in [-0.25, -0.2) is 0 Å². The number of ether oxygens (including phenoxy) is 1. The Labute approximate surface area is 189 Å². The van der Waals surface area contributed by atoms with Crippen LogP contribution in [0.5, 0.6) is 5.75 Å². The van der Waals surface area contributed by atoms with Gasteiger partial charge in [0.05, 0.1) is 0 Å². The topological polar surface area (TPSA) is 9.23 Å². The zero-order valence-corrected chi connectivity index (χ0v) is 19.7. The maximum Gasteiger partial charge on any atom is 0.119 e. The zero-order chi connectivity index (χ0) is 21.6. The van der Waals surface area contributed by atoms with Crippen LogP contribution in [0.4, 0.5) is 0 Å². The third-order valence-corrected chi connectivity index (χ3v) is 8.10. The van der Waals surface area contributed by atoms with Gasteiger partial charge in [0, 0.05) is 0 Å². The second kappa shape index (κ2) is 10.1. The molecule has 1 heteroatoms. The summed E-state index contributed by atoms with van der Waals surface area (Å²) >= 11 is 0. The first-order valence-electron chi connectivity index (χ1n) is 12.7. The van der Waals surface area contributed by atoms with Crippen molar-refractivity contribution in [3.8, 4) is 16.9 Å². The fourth-order valence-electron chi connectivity index (χ4n) is 6.01. The first-order valence-corrected chi connectivity index (χ1v) is 12.7. The van der Waals surface area contributed by atoms with Crippen LogP contribution in [0, 0.1) is 5.41 Å². The Balaban J connectivity index is 1.35.